The first-order valence-corrected chi connectivity index (χ1v) is 9.48. The number of benzene rings is 2. The maximum Gasteiger partial charge on any atom is 0.115 e. The van der Waals surface area contributed by atoms with E-state index >= 15 is 0 Å². The van der Waals surface area contributed by atoms with Crippen molar-refractivity contribution in [1.29, 1.82) is 0 Å². The maximum atomic E-state index is 8.85. The highest BCUT2D eigenvalue weighted by atomic mass is 16.3. The molecule has 0 unspecified atom stereocenters. The third-order valence-corrected chi connectivity index (χ3v) is 4.34. The summed E-state index contributed by atoms with van der Waals surface area (Å²) in [7, 11) is 0. The molecule has 2 aromatic heterocycles. The molecule has 29 heavy (non-hydrogen) atoms. The highest BCUT2D eigenvalue weighted by Gasteiger charge is 1.98. The number of aromatic nitrogens is 3. The number of H-pyrrole nitrogens is 2. The number of rotatable bonds is 3. The van der Waals surface area contributed by atoms with Crippen LogP contribution in [0.1, 0.15) is 52.4 Å². The standard InChI is InChI=1S/C10H11N.C8H10O.C5H8N2.2CH4/c1-2-8-7-11-10-6-4-3-5-9(8)10;1-2-7-3-5-8(9)6-4-7;1-2-5-3-6-4-7-5;;/h3-7,11H,2H2,1H3;3-6,9H,2H2,1H3;3-4H,2H2,1H3,(H,6,7);2*1H4. The van der Waals surface area contributed by atoms with Crippen LogP contribution in [0.15, 0.2) is 67.3 Å². The molecule has 3 N–H and O–H groups in total. The minimum absolute atomic E-state index is 0. The molecular weight excluding hydrogens is 358 g/mol. The second-order valence-electron chi connectivity index (χ2n) is 6.16. The van der Waals surface area contributed by atoms with E-state index in [1.54, 1.807) is 18.5 Å². The number of imidazole rings is 1. The predicted octanol–water partition coefficient (Wildman–Crippen LogP) is 6.93. The molecule has 0 saturated carbocycles. The summed E-state index contributed by atoms with van der Waals surface area (Å²) in [5.74, 6) is 0.340. The lowest BCUT2D eigenvalue weighted by Crippen LogP contribution is -1.75. The Labute approximate surface area is 176 Å². The van der Waals surface area contributed by atoms with Crippen molar-refractivity contribution in [3.8, 4) is 5.75 Å². The summed E-state index contributed by atoms with van der Waals surface area (Å²) in [5.41, 5.74) is 5.10. The molecule has 0 saturated heterocycles. The second-order valence-corrected chi connectivity index (χ2v) is 6.16. The van der Waals surface area contributed by atoms with Gasteiger partial charge in [0.2, 0.25) is 0 Å². The van der Waals surface area contributed by atoms with Crippen LogP contribution in [-0.2, 0) is 19.3 Å². The summed E-state index contributed by atoms with van der Waals surface area (Å²) < 4.78 is 0. The number of aromatic amines is 2. The molecule has 0 aliphatic rings. The number of para-hydroxylation sites is 1. The lowest BCUT2D eigenvalue weighted by molar-refractivity contribution is 0.475. The quantitative estimate of drug-likeness (QED) is 0.352. The van der Waals surface area contributed by atoms with E-state index < -0.39 is 0 Å². The van der Waals surface area contributed by atoms with Crippen LogP contribution in [0.2, 0.25) is 0 Å². The Balaban J connectivity index is 0.000000402. The minimum Gasteiger partial charge on any atom is -0.508 e. The molecule has 2 heterocycles. The van der Waals surface area contributed by atoms with E-state index in [0.717, 1.165) is 19.3 Å². The van der Waals surface area contributed by atoms with Crippen molar-refractivity contribution >= 4 is 10.9 Å². The van der Waals surface area contributed by atoms with E-state index in [2.05, 4.69) is 66.2 Å². The van der Waals surface area contributed by atoms with Gasteiger partial charge in [0, 0.05) is 29.0 Å². The Bertz CT molecular complexity index is 893. The smallest absolute Gasteiger partial charge is 0.115 e. The highest BCUT2D eigenvalue weighted by Crippen LogP contribution is 2.17. The zero-order valence-corrected chi connectivity index (χ0v) is 16.4. The number of nitrogens with zero attached hydrogens (tertiary/aromatic N) is 1. The fraction of sp³-hybridized carbons (Fsp3) is 0.320. The Morgan fingerprint density at radius 3 is 2.03 bits per heavy atom. The first-order valence-electron chi connectivity index (χ1n) is 9.48. The fourth-order valence-electron chi connectivity index (χ4n) is 2.63. The Kier molecular flexibility index (Phi) is 12.6. The van der Waals surface area contributed by atoms with Crippen molar-refractivity contribution < 1.29 is 5.11 Å². The average molecular weight is 396 g/mol. The van der Waals surface area contributed by atoms with Crippen molar-refractivity contribution in [2.75, 3.05) is 0 Å². The van der Waals surface area contributed by atoms with Crippen LogP contribution in [0.4, 0.5) is 0 Å². The molecule has 0 radical (unpaired) electrons. The topological polar surface area (TPSA) is 64.7 Å². The van der Waals surface area contributed by atoms with Gasteiger partial charge in [0.25, 0.3) is 0 Å². The zero-order valence-electron chi connectivity index (χ0n) is 16.4. The molecule has 4 heteroatoms. The number of phenolic OH excluding ortho intramolecular Hbond substituents is 1. The maximum absolute atomic E-state index is 8.85. The summed E-state index contributed by atoms with van der Waals surface area (Å²) in [6.45, 7) is 6.36. The number of hydrogen-bond acceptors (Lipinski definition) is 2. The number of aryl methyl sites for hydroxylation is 3. The van der Waals surface area contributed by atoms with E-state index in [9.17, 15) is 0 Å². The molecule has 2 aromatic carbocycles. The van der Waals surface area contributed by atoms with Crippen LogP contribution in [0, 0.1) is 0 Å². The molecule has 0 spiro atoms. The van der Waals surface area contributed by atoms with Crippen LogP contribution >= 0.6 is 0 Å². The molecule has 4 nitrogen and oxygen atoms in total. The monoisotopic (exact) mass is 395 g/mol. The molecule has 0 aliphatic heterocycles. The first kappa shape index (κ1) is 26.0. The van der Waals surface area contributed by atoms with Crippen LogP contribution in [-0.4, -0.2) is 20.1 Å². The van der Waals surface area contributed by atoms with Crippen LogP contribution in [0.25, 0.3) is 10.9 Å². The number of aromatic hydroxyl groups is 1. The van der Waals surface area contributed by atoms with E-state index in [1.165, 1.54) is 27.7 Å². The summed E-state index contributed by atoms with van der Waals surface area (Å²) >= 11 is 0. The Morgan fingerprint density at radius 1 is 0.828 bits per heavy atom. The Morgan fingerprint density at radius 2 is 1.52 bits per heavy atom. The summed E-state index contributed by atoms with van der Waals surface area (Å²) in [6.07, 6.45) is 8.79. The van der Waals surface area contributed by atoms with Gasteiger partial charge in [0.1, 0.15) is 5.75 Å². The number of hydrogen-bond donors (Lipinski definition) is 3. The normalized spacial score (nSPS) is 9.21. The largest absolute Gasteiger partial charge is 0.508 e. The number of phenols is 1. The third-order valence-electron chi connectivity index (χ3n) is 4.34. The molecule has 4 rings (SSSR count). The predicted molar refractivity (Wildman–Crippen MR) is 127 cm³/mol. The molecule has 0 amide bonds. The summed E-state index contributed by atoms with van der Waals surface area (Å²) in [4.78, 5) is 10.1. The molecule has 0 atom stereocenters. The van der Waals surface area contributed by atoms with E-state index in [1.807, 2.05) is 18.3 Å². The molecule has 0 fully saturated rings. The van der Waals surface area contributed by atoms with E-state index in [0.29, 0.717) is 5.75 Å². The van der Waals surface area contributed by atoms with Crippen molar-refractivity contribution in [2.45, 2.75) is 54.9 Å². The average Bonchev–Trinajstić information content (AvgIpc) is 3.39. The van der Waals surface area contributed by atoms with Crippen molar-refractivity contribution in [3.63, 3.8) is 0 Å². The van der Waals surface area contributed by atoms with Gasteiger partial charge < -0.3 is 15.1 Å². The Hall–Kier alpha value is -3.01. The van der Waals surface area contributed by atoms with E-state index in [4.69, 9.17) is 5.11 Å². The van der Waals surface area contributed by atoms with Gasteiger partial charge >= 0.3 is 0 Å². The van der Waals surface area contributed by atoms with Gasteiger partial charge in [-0.05, 0) is 48.6 Å². The van der Waals surface area contributed by atoms with Gasteiger partial charge in [-0.15, -0.1) is 0 Å². The summed E-state index contributed by atoms with van der Waals surface area (Å²) in [5, 5.41) is 10.2. The van der Waals surface area contributed by atoms with Gasteiger partial charge in [-0.2, -0.15) is 0 Å². The fourth-order valence-corrected chi connectivity index (χ4v) is 2.63. The van der Waals surface area contributed by atoms with Gasteiger partial charge in [-0.3, -0.25) is 0 Å². The van der Waals surface area contributed by atoms with Gasteiger partial charge in [-0.1, -0.05) is 66.0 Å². The SMILES string of the molecule is C.C.CCc1c[nH]c2ccccc12.CCc1ccc(O)cc1.CCc1cnc[nH]1. The van der Waals surface area contributed by atoms with Crippen molar-refractivity contribution in [3.05, 3.63) is 84.1 Å². The second kappa shape index (κ2) is 14.1. The molecular formula is C25H37N3O. The first-order chi connectivity index (χ1) is 13.2. The van der Waals surface area contributed by atoms with Gasteiger partial charge in [-0.25, -0.2) is 4.98 Å². The molecule has 158 valence electrons. The zero-order chi connectivity index (χ0) is 19.5. The van der Waals surface area contributed by atoms with Gasteiger partial charge in [0.05, 0.1) is 6.33 Å². The third kappa shape index (κ3) is 8.26. The van der Waals surface area contributed by atoms with Crippen molar-refractivity contribution in [2.24, 2.45) is 0 Å². The van der Waals surface area contributed by atoms with Crippen LogP contribution in [0.3, 0.4) is 0 Å². The number of fused-ring (bicyclic) bond motifs is 1. The molecule has 0 aliphatic carbocycles. The molecule has 4 aromatic rings. The van der Waals surface area contributed by atoms with Crippen LogP contribution in [0.5, 0.6) is 5.75 Å². The molecule has 0 bridgehead atoms. The van der Waals surface area contributed by atoms with Crippen molar-refractivity contribution in [1.82, 2.24) is 15.0 Å². The van der Waals surface area contributed by atoms with Gasteiger partial charge in [0.15, 0.2) is 0 Å². The lowest BCUT2D eigenvalue weighted by atomic mass is 10.1. The minimum atomic E-state index is 0. The van der Waals surface area contributed by atoms with Crippen LogP contribution < -0.4 is 0 Å². The van der Waals surface area contributed by atoms with E-state index in [-0.39, 0.29) is 14.9 Å². The summed E-state index contributed by atoms with van der Waals surface area (Å²) in [6, 6.07) is 15.7. The number of nitrogens with one attached hydrogen (secondary N) is 2. The highest BCUT2D eigenvalue weighted by molar-refractivity contribution is 5.82. The lowest BCUT2D eigenvalue weighted by Gasteiger charge is -1.93.